The van der Waals surface area contributed by atoms with E-state index in [0.29, 0.717) is 18.1 Å². The van der Waals surface area contributed by atoms with Gasteiger partial charge < -0.3 is 0 Å². The van der Waals surface area contributed by atoms with Crippen LogP contribution >= 0.6 is 0 Å². The fourth-order valence-corrected chi connectivity index (χ4v) is 5.05. The largest absolute Gasteiger partial charge is 0.294 e. The van der Waals surface area contributed by atoms with Crippen LogP contribution in [-0.4, -0.2) is 23.8 Å². The molecule has 2 heteroatoms. The summed E-state index contributed by atoms with van der Waals surface area (Å²) in [5.74, 6) is 0.762. The maximum Gasteiger partial charge on any atom is 0.163 e. The number of nitrogens with zero attached hydrogens (tertiary/aromatic N) is 1. The molecule has 1 fully saturated rings. The van der Waals surface area contributed by atoms with Crippen molar-refractivity contribution in [2.24, 2.45) is 5.92 Å². The quantitative estimate of drug-likeness (QED) is 0.417. The maximum absolute atomic E-state index is 13.0. The lowest BCUT2D eigenvalue weighted by atomic mass is 9.91. The monoisotopic (exact) mass is 411 g/mol. The van der Waals surface area contributed by atoms with E-state index in [1.807, 2.05) is 12.1 Å². The van der Waals surface area contributed by atoms with E-state index in [4.69, 9.17) is 0 Å². The van der Waals surface area contributed by atoms with E-state index in [2.05, 4.69) is 85.5 Å². The van der Waals surface area contributed by atoms with Gasteiger partial charge in [0.05, 0.1) is 6.04 Å². The molecule has 0 spiro atoms. The molecule has 0 amide bonds. The average Bonchev–Trinajstić information content (AvgIpc) is 3.00. The number of ketones is 1. The lowest BCUT2D eigenvalue weighted by Gasteiger charge is -2.31. The molecule has 31 heavy (non-hydrogen) atoms. The third kappa shape index (κ3) is 5.51. The number of rotatable bonds is 6. The predicted molar refractivity (Wildman–Crippen MR) is 129 cm³/mol. The summed E-state index contributed by atoms with van der Waals surface area (Å²) in [7, 11) is 0. The highest BCUT2D eigenvalue weighted by molar-refractivity contribution is 5.96. The van der Waals surface area contributed by atoms with Gasteiger partial charge in [-0.15, -0.1) is 0 Å². The zero-order valence-electron chi connectivity index (χ0n) is 18.8. The SMILES string of the molecule is Cc1cc(C)cc(C(=O)CC2CCCN(C(c3ccccc3)c3ccccc3)CC2)c1. The molecule has 0 N–H and O–H groups in total. The summed E-state index contributed by atoms with van der Waals surface area (Å²) in [6, 6.07) is 28.2. The Morgan fingerprint density at radius 1 is 0.839 bits per heavy atom. The molecule has 1 aliphatic heterocycles. The van der Waals surface area contributed by atoms with Gasteiger partial charge in [0.25, 0.3) is 0 Å². The van der Waals surface area contributed by atoms with Crippen molar-refractivity contribution >= 4 is 5.78 Å². The Kier molecular flexibility index (Phi) is 6.99. The lowest BCUT2D eigenvalue weighted by molar-refractivity contribution is 0.0956. The van der Waals surface area contributed by atoms with Crippen LogP contribution in [0.25, 0.3) is 0 Å². The minimum atomic E-state index is 0.274. The summed E-state index contributed by atoms with van der Waals surface area (Å²) < 4.78 is 0. The molecule has 3 aromatic rings. The Bertz CT molecular complexity index is 936. The molecule has 0 bridgehead atoms. The second-order valence-corrected chi connectivity index (χ2v) is 9.06. The molecule has 1 atom stereocenters. The minimum absolute atomic E-state index is 0.274. The molecule has 0 radical (unpaired) electrons. The van der Waals surface area contributed by atoms with Crippen LogP contribution in [0, 0.1) is 19.8 Å². The molecule has 2 nitrogen and oxygen atoms in total. The van der Waals surface area contributed by atoms with Crippen LogP contribution < -0.4 is 0 Å². The lowest BCUT2D eigenvalue weighted by Crippen LogP contribution is -2.30. The first-order valence-corrected chi connectivity index (χ1v) is 11.6. The summed E-state index contributed by atoms with van der Waals surface area (Å²) in [5.41, 5.74) is 5.91. The Morgan fingerprint density at radius 3 is 2.00 bits per heavy atom. The number of Topliss-reactive ketones (excluding diaryl/α,β-unsaturated/α-hetero) is 1. The highest BCUT2D eigenvalue weighted by Gasteiger charge is 2.26. The highest BCUT2D eigenvalue weighted by Crippen LogP contribution is 2.32. The van der Waals surface area contributed by atoms with Gasteiger partial charge in [0.1, 0.15) is 0 Å². The Hall–Kier alpha value is -2.71. The zero-order valence-corrected chi connectivity index (χ0v) is 18.8. The summed E-state index contributed by atoms with van der Waals surface area (Å²) in [6.45, 7) is 6.24. The van der Waals surface area contributed by atoms with E-state index in [9.17, 15) is 4.79 Å². The second kappa shape index (κ2) is 10.1. The molecule has 160 valence electrons. The van der Waals surface area contributed by atoms with Crippen LogP contribution in [0.1, 0.15) is 64.3 Å². The van der Waals surface area contributed by atoms with Gasteiger partial charge in [-0.25, -0.2) is 0 Å². The first kappa shape index (κ1) is 21.5. The molecule has 0 saturated carbocycles. The topological polar surface area (TPSA) is 20.3 Å². The van der Waals surface area contributed by atoms with Gasteiger partial charge in [-0.05, 0) is 75.4 Å². The van der Waals surface area contributed by atoms with Gasteiger partial charge in [-0.2, -0.15) is 0 Å². The first-order chi connectivity index (χ1) is 15.1. The molecule has 1 unspecified atom stereocenters. The maximum atomic E-state index is 13.0. The van der Waals surface area contributed by atoms with Crippen LogP contribution in [0.15, 0.2) is 78.9 Å². The summed E-state index contributed by atoms with van der Waals surface area (Å²) in [4.78, 5) is 15.6. The number of carbonyl (C=O) groups excluding carboxylic acids is 1. The Balaban J connectivity index is 1.47. The van der Waals surface area contributed by atoms with Gasteiger partial charge in [0.2, 0.25) is 0 Å². The Labute approximate surface area is 186 Å². The van der Waals surface area contributed by atoms with Gasteiger partial charge in [-0.1, -0.05) is 77.9 Å². The molecule has 1 aliphatic rings. The van der Waals surface area contributed by atoms with Crippen molar-refractivity contribution in [2.45, 2.75) is 45.6 Å². The molecule has 3 aromatic carbocycles. The third-order valence-corrected chi connectivity index (χ3v) is 6.50. The summed E-state index contributed by atoms with van der Waals surface area (Å²) in [6.07, 6.45) is 4.01. The van der Waals surface area contributed by atoms with Gasteiger partial charge in [0.15, 0.2) is 5.78 Å². The smallest absolute Gasteiger partial charge is 0.163 e. The van der Waals surface area contributed by atoms with Crippen molar-refractivity contribution in [1.29, 1.82) is 0 Å². The van der Waals surface area contributed by atoms with Crippen LogP contribution in [0.2, 0.25) is 0 Å². The molecule has 4 rings (SSSR count). The fourth-order valence-electron chi connectivity index (χ4n) is 5.05. The van der Waals surface area contributed by atoms with Crippen LogP contribution in [0.4, 0.5) is 0 Å². The van der Waals surface area contributed by atoms with Crippen LogP contribution in [0.3, 0.4) is 0 Å². The van der Waals surface area contributed by atoms with Crippen molar-refractivity contribution in [1.82, 2.24) is 4.90 Å². The number of benzene rings is 3. The fraction of sp³-hybridized carbons (Fsp3) is 0.345. The number of carbonyl (C=O) groups is 1. The van der Waals surface area contributed by atoms with Gasteiger partial charge in [-0.3, -0.25) is 9.69 Å². The van der Waals surface area contributed by atoms with Crippen molar-refractivity contribution < 1.29 is 4.79 Å². The van der Waals surface area contributed by atoms with E-state index in [1.54, 1.807) is 0 Å². The number of hydrogen-bond acceptors (Lipinski definition) is 2. The molecular formula is C29H33NO. The Morgan fingerprint density at radius 2 is 1.42 bits per heavy atom. The van der Waals surface area contributed by atoms with Crippen molar-refractivity contribution in [3.8, 4) is 0 Å². The van der Waals surface area contributed by atoms with Crippen molar-refractivity contribution in [3.05, 3.63) is 107 Å². The van der Waals surface area contributed by atoms with Crippen molar-refractivity contribution in [3.63, 3.8) is 0 Å². The summed E-state index contributed by atoms with van der Waals surface area (Å²) in [5, 5.41) is 0. The van der Waals surface area contributed by atoms with E-state index in [0.717, 1.165) is 37.9 Å². The zero-order chi connectivity index (χ0) is 21.6. The average molecular weight is 412 g/mol. The minimum Gasteiger partial charge on any atom is -0.294 e. The normalized spacial score (nSPS) is 17.5. The number of hydrogen-bond donors (Lipinski definition) is 0. The first-order valence-electron chi connectivity index (χ1n) is 11.6. The number of aryl methyl sites for hydroxylation is 2. The molecule has 1 heterocycles. The highest BCUT2D eigenvalue weighted by atomic mass is 16.1. The summed E-state index contributed by atoms with van der Waals surface area (Å²) >= 11 is 0. The van der Waals surface area contributed by atoms with Crippen LogP contribution in [0.5, 0.6) is 0 Å². The number of likely N-dealkylation sites (tertiary alicyclic amines) is 1. The second-order valence-electron chi connectivity index (χ2n) is 9.06. The molecule has 0 aromatic heterocycles. The van der Waals surface area contributed by atoms with Crippen LogP contribution in [-0.2, 0) is 0 Å². The molecular weight excluding hydrogens is 378 g/mol. The van der Waals surface area contributed by atoms with E-state index < -0.39 is 0 Å². The van der Waals surface area contributed by atoms with E-state index in [1.165, 1.54) is 22.3 Å². The van der Waals surface area contributed by atoms with Gasteiger partial charge in [0, 0.05) is 12.0 Å². The van der Waals surface area contributed by atoms with Gasteiger partial charge >= 0.3 is 0 Å². The van der Waals surface area contributed by atoms with E-state index >= 15 is 0 Å². The molecule has 1 saturated heterocycles. The van der Waals surface area contributed by atoms with Crippen molar-refractivity contribution in [2.75, 3.05) is 13.1 Å². The van der Waals surface area contributed by atoms with E-state index in [-0.39, 0.29) is 6.04 Å². The molecule has 0 aliphatic carbocycles. The third-order valence-electron chi connectivity index (χ3n) is 6.50. The standard InChI is InChI=1S/C29H33NO/c1-22-18-23(2)20-27(19-22)28(31)21-24-10-9-16-30(17-15-24)29(25-11-5-3-6-12-25)26-13-7-4-8-14-26/h3-8,11-14,18-20,24,29H,9-10,15-17,21H2,1-2H3. The predicted octanol–water partition coefficient (Wildman–Crippen LogP) is 6.77.